The fraction of sp³-hybridized carbons (Fsp3) is 0.304. The van der Waals surface area contributed by atoms with E-state index in [-0.39, 0.29) is 5.91 Å². The number of likely N-dealkylation sites (tertiary alicyclic amines) is 1. The number of hydrogen-bond acceptors (Lipinski definition) is 5. The van der Waals surface area contributed by atoms with Crippen LogP contribution in [-0.4, -0.2) is 44.0 Å². The molecule has 1 amide bonds. The zero-order valence-electron chi connectivity index (χ0n) is 16.6. The molecule has 0 aliphatic carbocycles. The van der Waals surface area contributed by atoms with Gasteiger partial charge in [-0.1, -0.05) is 23.4 Å². The molecular formula is C23H23N5O2. The third-order valence-corrected chi connectivity index (χ3v) is 5.79. The Morgan fingerprint density at radius 3 is 2.97 bits per heavy atom. The number of carbonyl (C=O) groups excluding carboxylic acids is 1. The first-order valence-corrected chi connectivity index (χ1v) is 10.3. The van der Waals surface area contributed by atoms with Crippen LogP contribution in [0.5, 0.6) is 0 Å². The van der Waals surface area contributed by atoms with Crippen molar-refractivity contribution in [3.8, 4) is 11.5 Å². The van der Waals surface area contributed by atoms with E-state index in [1.54, 1.807) is 12.4 Å². The molecule has 0 bridgehead atoms. The number of aryl methyl sites for hydroxylation is 1. The first-order valence-electron chi connectivity index (χ1n) is 10.3. The van der Waals surface area contributed by atoms with Crippen LogP contribution in [-0.2, 0) is 17.6 Å². The fourth-order valence-corrected chi connectivity index (χ4v) is 4.17. The van der Waals surface area contributed by atoms with E-state index in [0.717, 1.165) is 43.4 Å². The van der Waals surface area contributed by atoms with Gasteiger partial charge in [0.25, 0.3) is 5.89 Å². The van der Waals surface area contributed by atoms with Crippen LogP contribution < -0.4 is 0 Å². The van der Waals surface area contributed by atoms with Gasteiger partial charge in [0.15, 0.2) is 5.82 Å². The van der Waals surface area contributed by atoms with Crippen molar-refractivity contribution in [3.63, 3.8) is 0 Å². The highest BCUT2D eigenvalue weighted by molar-refractivity contribution is 5.84. The number of pyridine rings is 1. The van der Waals surface area contributed by atoms with Gasteiger partial charge in [-0.3, -0.25) is 9.78 Å². The number of rotatable bonds is 6. The van der Waals surface area contributed by atoms with Gasteiger partial charge in [0, 0.05) is 61.0 Å². The van der Waals surface area contributed by atoms with E-state index >= 15 is 0 Å². The molecule has 7 nitrogen and oxygen atoms in total. The maximum absolute atomic E-state index is 12.7. The quantitative estimate of drug-likeness (QED) is 0.533. The third-order valence-electron chi connectivity index (χ3n) is 5.79. The van der Waals surface area contributed by atoms with Gasteiger partial charge in [0.2, 0.25) is 5.91 Å². The molecule has 1 unspecified atom stereocenters. The summed E-state index contributed by atoms with van der Waals surface area (Å²) in [5.41, 5.74) is 3.18. The van der Waals surface area contributed by atoms with Crippen LogP contribution in [0, 0.1) is 5.92 Å². The standard InChI is InChI=1S/C23H23N5O2/c29-22(6-5-18-14-25-20-4-2-1-3-19(18)20)28-12-9-16(15-28)13-21-26-23(30-27-21)17-7-10-24-11-8-17/h1-4,7-8,10-11,14,16,25H,5-6,9,12-13,15H2. The van der Waals surface area contributed by atoms with Crippen molar-refractivity contribution in [3.05, 3.63) is 66.4 Å². The summed E-state index contributed by atoms with van der Waals surface area (Å²) in [5, 5.41) is 5.31. The molecule has 3 aromatic heterocycles. The average Bonchev–Trinajstić information content (AvgIpc) is 3.53. The monoisotopic (exact) mass is 401 g/mol. The average molecular weight is 401 g/mol. The Balaban J connectivity index is 1.15. The van der Waals surface area contributed by atoms with Crippen molar-refractivity contribution in [2.45, 2.75) is 25.7 Å². The maximum atomic E-state index is 12.7. The van der Waals surface area contributed by atoms with E-state index < -0.39 is 0 Å². The van der Waals surface area contributed by atoms with E-state index in [9.17, 15) is 4.79 Å². The van der Waals surface area contributed by atoms with Gasteiger partial charge in [-0.25, -0.2) is 0 Å². The van der Waals surface area contributed by atoms with Crippen molar-refractivity contribution < 1.29 is 9.32 Å². The van der Waals surface area contributed by atoms with Crippen LogP contribution in [0.25, 0.3) is 22.4 Å². The molecule has 1 N–H and O–H groups in total. The number of amides is 1. The number of nitrogens with zero attached hydrogens (tertiary/aromatic N) is 4. The number of carbonyl (C=O) groups is 1. The smallest absolute Gasteiger partial charge is 0.258 e. The molecule has 30 heavy (non-hydrogen) atoms. The second-order valence-corrected chi connectivity index (χ2v) is 7.81. The van der Waals surface area contributed by atoms with Crippen molar-refractivity contribution in [2.75, 3.05) is 13.1 Å². The summed E-state index contributed by atoms with van der Waals surface area (Å²) < 4.78 is 5.38. The largest absolute Gasteiger partial charge is 0.361 e. The minimum atomic E-state index is 0.216. The van der Waals surface area contributed by atoms with Crippen LogP contribution in [0.1, 0.15) is 24.2 Å². The lowest BCUT2D eigenvalue weighted by Crippen LogP contribution is -2.29. The number of hydrogen-bond donors (Lipinski definition) is 1. The maximum Gasteiger partial charge on any atom is 0.258 e. The summed E-state index contributed by atoms with van der Waals surface area (Å²) >= 11 is 0. The second kappa shape index (κ2) is 8.10. The fourth-order valence-electron chi connectivity index (χ4n) is 4.17. The molecule has 152 valence electrons. The first-order chi connectivity index (χ1) is 14.8. The van der Waals surface area contributed by atoms with Crippen LogP contribution in [0.3, 0.4) is 0 Å². The van der Waals surface area contributed by atoms with Crippen molar-refractivity contribution in [1.29, 1.82) is 0 Å². The summed E-state index contributed by atoms with van der Waals surface area (Å²) in [5.74, 6) is 1.79. The number of H-pyrrole nitrogens is 1. The van der Waals surface area contributed by atoms with E-state index in [1.807, 2.05) is 35.4 Å². The summed E-state index contributed by atoms with van der Waals surface area (Å²) in [6, 6.07) is 11.9. The molecular weight excluding hydrogens is 378 g/mol. The van der Waals surface area contributed by atoms with Crippen molar-refractivity contribution >= 4 is 16.8 Å². The summed E-state index contributed by atoms with van der Waals surface area (Å²) in [6.45, 7) is 1.55. The Morgan fingerprint density at radius 2 is 2.07 bits per heavy atom. The van der Waals surface area contributed by atoms with Gasteiger partial charge in [0.1, 0.15) is 0 Å². The minimum absolute atomic E-state index is 0.216. The molecule has 0 saturated carbocycles. The zero-order valence-corrected chi connectivity index (χ0v) is 16.6. The number of aromatic nitrogens is 4. The van der Waals surface area contributed by atoms with Crippen LogP contribution in [0.15, 0.2) is 59.5 Å². The molecule has 4 aromatic rings. The highest BCUT2D eigenvalue weighted by Crippen LogP contribution is 2.24. The van der Waals surface area contributed by atoms with E-state index in [1.165, 1.54) is 10.9 Å². The molecule has 1 aliphatic heterocycles. The van der Waals surface area contributed by atoms with Gasteiger partial charge in [-0.15, -0.1) is 0 Å². The lowest BCUT2D eigenvalue weighted by atomic mass is 10.0. The zero-order chi connectivity index (χ0) is 20.3. The number of nitrogens with one attached hydrogen (secondary N) is 1. The van der Waals surface area contributed by atoms with E-state index in [0.29, 0.717) is 24.1 Å². The third kappa shape index (κ3) is 3.83. The molecule has 4 heterocycles. The Labute approximate surface area is 174 Å². The minimum Gasteiger partial charge on any atom is -0.361 e. The Morgan fingerprint density at radius 1 is 1.20 bits per heavy atom. The predicted octanol–water partition coefficient (Wildman–Crippen LogP) is 3.64. The molecule has 1 saturated heterocycles. The summed E-state index contributed by atoms with van der Waals surface area (Å²) in [6.07, 6.45) is 8.40. The molecule has 0 radical (unpaired) electrons. The van der Waals surface area contributed by atoms with Crippen LogP contribution >= 0.6 is 0 Å². The first kappa shape index (κ1) is 18.5. The van der Waals surface area contributed by atoms with Gasteiger partial charge in [0.05, 0.1) is 0 Å². The lowest BCUT2D eigenvalue weighted by Gasteiger charge is -2.16. The van der Waals surface area contributed by atoms with Crippen molar-refractivity contribution in [1.82, 2.24) is 25.0 Å². The highest BCUT2D eigenvalue weighted by atomic mass is 16.5. The van der Waals surface area contributed by atoms with Crippen LogP contribution in [0.2, 0.25) is 0 Å². The molecule has 1 fully saturated rings. The van der Waals surface area contributed by atoms with Gasteiger partial charge in [-0.05, 0) is 42.5 Å². The Kier molecular flexibility index (Phi) is 5.01. The second-order valence-electron chi connectivity index (χ2n) is 7.81. The number of benzene rings is 1. The van der Waals surface area contributed by atoms with Gasteiger partial charge < -0.3 is 14.4 Å². The summed E-state index contributed by atoms with van der Waals surface area (Å²) in [4.78, 5) is 26.5. The van der Waals surface area contributed by atoms with Gasteiger partial charge in [-0.2, -0.15) is 4.98 Å². The number of para-hydroxylation sites is 1. The summed E-state index contributed by atoms with van der Waals surface area (Å²) in [7, 11) is 0. The topological polar surface area (TPSA) is 87.9 Å². The van der Waals surface area contributed by atoms with E-state index in [4.69, 9.17) is 4.52 Å². The van der Waals surface area contributed by atoms with Crippen LogP contribution in [0.4, 0.5) is 0 Å². The van der Waals surface area contributed by atoms with Crippen molar-refractivity contribution in [2.24, 2.45) is 5.92 Å². The molecule has 1 aromatic carbocycles. The molecule has 1 atom stereocenters. The number of aromatic amines is 1. The molecule has 0 spiro atoms. The SMILES string of the molecule is O=C(CCc1c[nH]c2ccccc12)N1CCC(Cc2noc(-c3ccncc3)n2)C1. The Bertz CT molecular complexity index is 1150. The molecule has 5 rings (SSSR count). The predicted molar refractivity (Wildman–Crippen MR) is 113 cm³/mol. The lowest BCUT2D eigenvalue weighted by molar-refractivity contribution is -0.130. The van der Waals surface area contributed by atoms with E-state index in [2.05, 4.69) is 32.2 Å². The molecule has 7 heteroatoms. The van der Waals surface area contributed by atoms with Gasteiger partial charge >= 0.3 is 0 Å². The molecule has 1 aliphatic rings. The normalized spacial score (nSPS) is 16.4. The Hall–Kier alpha value is -3.48. The number of fused-ring (bicyclic) bond motifs is 1. The highest BCUT2D eigenvalue weighted by Gasteiger charge is 2.27.